The summed E-state index contributed by atoms with van der Waals surface area (Å²) in [6.45, 7) is 1.32. The standard InChI is InChI=1S/C15H14N4O4S/c20-9-2-1-6-18(8-9)15-13-10(5-7-24-13)16-14(17-15)11-3-4-12(23-11)19(21)22/h3-5,7,9,20H,1-2,6,8H2. The molecule has 0 bridgehead atoms. The first-order chi connectivity index (χ1) is 11.6. The molecular weight excluding hydrogens is 332 g/mol. The first-order valence-corrected chi connectivity index (χ1v) is 8.42. The van der Waals surface area contributed by atoms with E-state index in [9.17, 15) is 15.2 Å². The van der Waals surface area contributed by atoms with Crippen molar-refractivity contribution in [3.8, 4) is 11.6 Å². The second-order valence-electron chi connectivity index (χ2n) is 5.64. The van der Waals surface area contributed by atoms with E-state index in [0.717, 1.165) is 35.4 Å². The maximum atomic E-state index is 10.8. The highest BCUT2D eigenvalue weighted by Gasteiger charge is 2.24. The molecule has 0 amide bonds. The molecule has 1 unspecified atom stereocenters. The van der Waals surface area contributed by atoms with E-state index in [1.165, 1.54) is 23.5 Å². The van der Waals surface area contributed by atoms with Crippen LogP contribution in [0.25, 0.3) is 21.8 Å². The highest BCUT2D eigenvalue weighted by Crippen LogP contribution is 2.33. The fourth-order valence-electron chi connectivity index (χ4n) is 2.87. The van der Waals surface area contributed by atoms with Crippen molar-refractivity contribution in [2.45, 2.75) is 18.9 Å². The second kappa shape index (κ2) is 5.84. The molecule has 9 heteroatoms. The number of anilines is 1. The number of hydrogen-bond acceptors (Lipinski definition) is 8. The average molecular weight is 346 g/mol. The molecule has 0 aromatic carbocycles. The van der Waals surface area contributed by atoms with Crippen molar-refractivity contribution >= 4 is 33.3 Å². The summed E-state index contributed by atoms with van der Waals surface area (Å²) < 4.78 is 6.17. The maximum Gasteiger partial charge on any atom is 0.433 e. The van der Waals surface area contributed by atoms with E-state index in [1.54, 1.807) is 0 Å². The van der Waals surface area contributed by atoms with Crippen molar-refractivity contribution in [3.63, 3.8) is 0 Å². The van der Waals surface area contributed by atoms with Gasteiger partial charge in [-0.3, -0.25) is 10.1 Å². The van der Waals surface area contributed by atoms with Gasteiger partial charge in [0.15, 0.2) is 17.4 Å². The predicted molar refractivity (Wildman–Crippen MR) is 89.2 cm³/mol. The van der Waals surface area contributed by atoms with Gasteiger partial charge in [-0.2, -0.15) is 0 Å². The lowest BCUT2D eigenvalue weighted by Crippen LogP contribution is -2.38. The Bertz CT molecular complexity index is 906. The number of nitro groups is 1. The molecule has 8 nitrogen and oxygen atoms in total. The molecule has 1 aliphatic heterocycles. The van der Waals surface area contributed by atoms with E-state index in [1.807, 2.05) is 16.3 Å². The van der Waals surface area contributed by atoms with Crippen LogP contribution in [0.1, 0.15) is 12.8 Å². The number of aromatic nitrogens is 2. The number of aliphatic hydroxyl groups excluding tert-OH is 1. The van der Waals surface area contributed by atoms with Crippen LogP contribution in [-0.4, -0.2) is 39.2 Å². The van der Waals surface area contributed by atoms with Gasteiger partial charge >= 0.3 is 5.88 Å². The Kier molecular flexibility index (Phi) is 3.66. The van der Waals surface area contributed by atoms with E-state index >= 15 is 0 Å². The monoisotopic (exact) mass is 346 g/mol. The number of fused-ring (bicyclic) bond motifs is 1. The van der Waals surface area contributed by atoms with Gasteiger partial charge in [0.1, 0.15) is 4.92 Å². The van der Waals surface area contributed by atoms with Crippen LogP contribution < -0.4 is 4.90 Å². The zero-order valence-electron chi connectivity index (χ0n) is 12.6. The van der Waals surface area contributed by atoms with Gasteiger partial charge in [-0.15, -0.1) is 11.3 Å². The Morgan fingerprint density at radius 3 is 3.00 bits per heavy atom. The number of nitrogens with zero attached hydrogens (tertiary/aromatic N) is 4. The Labute approximate surface area is 140 Å². The highest BCUT2D eigenvalue weighted by atomic mass is 32.1. The van der Waals surface area contributed by atoms with Crippen molar-refractivity contribution < 1.29 is 14.4 Å². The average Bonchev–Trinajstić information content (AvgIpc) is 3.23. The van der Waals surface area contributed by atoms with Crippen molar-refractivity contribution in [1.82, 2.24) is 9.97 Å². The lowest BCUT2D eigenvalue weighted by Gasteiger charge is -2.31. The van der Waals surface area contributed by atoms with Crippen LogP contribution in [0.3, 0.4) is 0 Å². The third kappa shape index (κ3) is 2.61. The molecule has 1 N–H and O–H groups in total. The SMILES string of the molecule is O=[N+]([O-])c1ccc(-c2nc(N3CCCC(O)C3)c3sccc3n2)o1. The molecule has 3 aromatic rings. The number of piperidine rings is 1. The van der Waals surface area contributed by atoms with Gasteiger partial charge in [-0.1, -0.05) is 0 Å². The number of thiophene rings is 1. The van der Waals surface area contributed by atoms with Crippen LogP contribution in [0, 0.1) is 10.1 Å². The minimum Gasteiger partial charge on any atom is -0.397 e. The molecule has 1 atom stereocenters. The van der Waals surface area contributed by atoms with Gasteiger partial charge in [0, 0.05) is 13.1 Å². The molecule has 0 radical (unpaired) electrons. The highest BCUT2D eigenvalue weighted by molar-refractivity contribution is 7.17. The summed E-state index contributed by atoms with van der Waals surface area (Å²) in [5.41, 5.74) is 0.763. The smallest absolute Gasteiger partial charge is 0.397 e. The zero-order valence-corrected chi connectivity index (χ0v) is 13.4. The summed E-state index contributed by atoms with van der Waals surface area (Å²) >= 11 is 1.54. The number of β-amino-alcohol motifs (C(OH)–C–C–N with tert-alkyl or cyclic N) is 1. The van der Waals surface area contributed by atoms with Gasteiger partial charge in [0.2, 0.25) is 0 Å². The summed E-state index contributed by atoms with van der Waals surface area (Å²) in [7, 11) is 0. The van der Waals surface area contributed by atoms with Crippen molar-refractivity contribution in [2.24, 2.45) is 0 Å². The molecule has 0 saturated carbocycles. The van der Waals surface area contributed by atoms with Crippen LogP contribution in [0.15, 0.2) is 28.0 Å². The van der Waals surface area contributed by atoms with Crippen LogP contribution in [0.4, 0.5) is 11.7 Å². The Hall–Kier alpha value is -2.52. The van der Waals surface area contributed by atoms with E-state index < -0.39 is 4.92 Å². The zero-order chi connectivity index (χ0) is 16.7. The molecule has 124 valence electrons. The fraction of sp³-hybridized carbons (Fsp3) is 0.333. The van der Waals surface area contributed by atoms with Crippen LogP contribution >= 0.6 is 11.3 Å². The van der Waals surface area contributed by atoms with E-state index in [0.29, 0.717) is 12.4 Å². The van der Waals surface area contributed by atoms with E-state index in [4.69, 9.17) is 4.42 Å². The summed E-state index contributed by atoms with van der Waals surface area (Å²) in [5.74, 6) is 0.967. The van der Waals surface area contributed by atoms with E-state index in [2.05, 4.69) is 9.97 Å². The molecule has 0 spiro atoms. The van der Waals surface area contributed by atoms with Crippen LogP contribution in [-0.2, 0) is 0 Å². The van der Waals surface area contributed by atoms with Gasteiger partial charge in [-0.05, 0) is 30.4 Å². The van der Waals surface area contributed by atoms with Crippen LogP contribution in [0.2, 0.25) is 0 Å². The fourth-order valence-corrected chi connectivity index (χ4v) is 3.71. The molecule has 0 aliphatic carbocycles. The third-order valence-corrected chi connectivity index (χ3v) is 4.87. The van der Waals surface area contributed by atoms with Crippen molar-refractivity contribution in [2.75, 3.05) is 18.0 Å². The van der Waals surface area contributed by atoms with Gasteiger partial charge in [-0.25, -0.2) is 9.97 Å². The lowest BCUT2D eigenvalue weighted by molar-refractivity contribution is -0.401. The largest absolute Gasteiger partial charge is 0.433 e. The van der Waals surface area contributed by atoms with E-state index in [-0.39, 0.29) is 17.7 Å². The first-order valence-electron chi connectivity index (χ1n) is 7.54. The quantitative estimate of drug-likeness (QED) is 0.574. The molecule has 4 heterocycles. The number of rotatable bonds is 3. The molecular formula is C15H14N4O4S. The molecule has 1 saturated heterocycles. The lowest BCUT2D eigenvalue weighted by atomic mass is 10.1. The molecule has 24 heavy (non-hydrogen) atoms. The van der Waals surface area contributed by atoms with Gasteiger partial charge in [0.05, 0.1) is 22.4 Å². The minimum absolute atomic E-state index is 0.258. The molecule has 3 aromatic heterocycles. The Morgan fingerprint density at radius 1 is 1.38 bits per heavy atom. The molecule has 4 rings (SSSR count). The van der Waals surface area contributed by atoms with Gasteiger partial charge in [0.25, 0.3) is 0 Å². The number of furan rings is 1. The Morgan fingerprint density at radius 2 is 2.25 bits per heavy atom. The molecule has 1 aliphatic rings. The first kappa shape index (κ1) is 15.0. The van der Waals surface area contributed by atoms with Gasteiger partial charge < -0.3 is 14.4 Å². The Balaban J connectivity index is 1.80. The number of aliphatic hydroxyl groups is 1. The van der Waals surface area contributed by atoms with Crippen molar-refractivity contribution in [1.29, 1.82) is 0 Å². The summed E-state index contributed by atoms with van der Waals surface area (Å²) in [6, 6.07) is 4.67. The predicted octanol–water partition coefficient (Wildman–Crippen LogP) is 2.82. The van der Waals surface area contributed by atoms with Crippen molar-refractivity contribution in [3.05, 3.63) is 33.7 Å². The summed E-state index contributed by atoms with van der Waals surface area (Å²) in [5, 5.41) is 22.7. The third-order valence-electron chi connectivity index (χ3n) is 3.97. The minimum atomic E-state index is -0.589. The normalized spacial score (nSPS) is 18.2. The topological polar surface area (TPSA) is 106 Å². The molecule has 1 fully saturated rings. The maximum absolute atomic E-state index is 10.8. The summed E-state index contributed by atoms with van der Waals surface area (Å²) in [6.07, 6.45) is 1.29. The number of hydrogen-bond donors (Lipinski definition) is 1. The van der Waals surface area contributed by atoms with Crippen LogP contribution in [0.5, 0.6) is 0 Å². The summed E-state index contributed by atoms with van der Waals surface area (Å²) in [4.78, 5) is 21.3. The second-order valence-corrected chi connectivity index (χ2v) is 6.56.